The van der Waals surface area contributed by atoms with Crippen LogP contribution in [-0.4, -0.2) is 20.1 Å². The van der Waals surface area contributed by atoms with E-state index >= 15 is 0 Å². The zero-order valence-corrected chi connectivity index (χ0v) is 14.3. The first-order valence-electron chi connectivity index (χ1n) is 8.36. The fraction of sp³-hybridized carbons (Fsp3) is 0.0500. The lowest BCUT2D eigenvalue weighted by atomic mass is 10.3. The molecule has 0 fully saturated rings. The number of carbonyl (C=O) groups excluding carboxylic acids is 1. The molecule has 0 saturated carbocycles. The molecule has 0 saturated heterocycles. The Hall–Kier alpha value is -3.87. The van der Waals surface area contributed by atoms with Crippen molar-refractivity contribution in [3.8, 4) is 11.5 Å². The van der Waals surface area contributed by atoms with Gasteiger partial charge in [0.25, 0.3) is 0 Å². The molecule has 0 aliphatic carbocycles. The molecule has 134 valence electrons. The molecule has 1 N–H and O–H groups in total. The SMILES string of the molecule is O=C(Cn1nc2ccccn2c1=O)Nc1cccc(Oc2ccccc2)c1. The number of hydrogen-bond acceptors (Lipinski definition) is 4. The number of amides is 1. The molecule has 7 heteroatoms. The van der Waals surface area contributed by atoms with Gasteiger partial charge < -0.3 is 10.1 Å². The predicted molar refractivity (Wildman–Crippen MR) is 101 cm³/mol. The molecule has 2 heterocycles. The zero-order chi connectivity index (χ0) is 18.6. The molecule has 2 aromatic carbocycles. The Morgan fingerprint density at radius 2 is 1.74 bits per heavy atom. The van der Waals surface area contributed by atoms with Gasteiger partial charge in [-0.05, 0) is 36.4 Å². The van der Waals surface area contributed by atoms with E-state index in [9.17, 15) is 9.59 Å². The quantitative estimate of drug-likeness (QED) is 0.594. The van der Waals surface area contributed by atoms with E-state index in [1.165, 1.54) is 4.40 Å². The van der Waals surface area contributed by atoms with Crippen molar-refractivity contribution in [1.29, 1.82) is 0 Å². The molecule has 0 aliphatic heterocycles. The summed E-state index contributed by atoms with van der Waals surface area (Å²) >= 11 is 0. The largest absolute Gasteiger partial charge is 0.457 e. The van der Waals surface area contributed by atoms with Crippen LogP contribution in [0.25, 0.3) is 5.65 Å². The smallest absolute Gasteiger partial charge is 0.350 e. The Bertz CT molecular complexity index is 1150. The van der Waals surface area contributed by atoms with Crippen LogP contribution >= 0.6 is 0 Å². The number of fused-ring (bicyclic) bond motifs is 1. The van der Waals surface area contributed by atoms with E-state index in [0.29, 0.717) is 22.8 Å². The molecule has 2 aromatic heterocycles. The van der Waals surface area contributed by atoms with Gasteiger partial charge in [0, 0.05) is 18.0 Å². The van der Waals surface area contributed by atoms with Gasteiger partial charge in [-0.25, -0.2) is 9.48 Å². The van der Waals surface area contributed by atoms with Crippen molar-refractivity contribution in [1.82, 2.24) is 14.2 Å². The van der Waals surface area contributed by atoms with Crippen molar-refractivity contribution in [3.63, 3.8) is 0 Å². The average molecular weight is 360 g/mol. The maximum atomic E-state index is 12.3. The molecule has 0 atom stereocenters. The van der Waals surface area contributed by atoms with Crippen molar-refractivity contribution in [2.45, 2.75) is 6.54 Å². The van der Waals surface area contributed by atoms with Crippen LogP contribution in [0.4, 0.5) is 5.69 Å². The molecule has 0 spiro atoms. The van der Waals surface area contributed by atoms with Crippen LogP contribution in [0.3, 0.4) is 0 Å². The first kappa shape index (κ1) is 16.6. The highest BCUT2D eigenvalue weighted by atomic mass is 16.5. The third-order valence-corrected chi connectivity index (χ3v) is 3.88. The summed E-state index contributed by atoms with van der Waals surface area (Å²) in [6, 6.07) is 21.6. The predicted octanol–water partition coefficient (Wildman–Crippen LogP) is 2.93. The number of benzene rings is 2. The Kier molecular flexibility index (Phi) is 4.40. The fourth-order valence-electron chi connectivity index (χ4n) is 2.67. The summed E-state index contributed by atoms with van der Waals surface area (Å²) in [5, 5.41) is 6.91. The molecule has 0 unspecified atom stereocenters. The van der Waals surface area contributed by atoms with Gasteiger partial charge in [0.05, 0.1) is 0 Å². The summed E-state index contributed by atoms with van der Waals surface area (Å²) in [7, 11) is 0. The normalized spacial score (nSPS) is 10.7. The van der Waals surface area contributed by atoms with Gasteiger partial charge >= 0.3 is 5.69 Å². The van der Waals surface area contributed by atoms with Crippen LogP contribution in [-0.2, 0) is 11.3 Å². The summed E-state index contributed by atoms with van der Waals surface area (Å²) in [5.74, 6) is 0.957. The maximum absolute atomic E-state index is 12.3. The molecular formula is C20H16N4O3. The molecule has 0 bridgehead atoms. The van der Waals surface area contributed by atoms with Gasteiger partial charge in [0.1, 0.15) is 18.0 Å². The van der Waals surface area contributed by atoms with Crippen molar-refractivity contribution in [2.75, 3.05) is 5.32 Å². The van der Waals surface area contributed by atoms with Gasteiger partial charge in [-0.1, -0.05) is 30.3 Å². The summed E-state index contributed by atoms with van der Waals surface area (Å²) in [6.45, 7) is -0.176. The number of ether oxygens (including phenoxy) is 1. The lowest BCUT2D eigenvalue weighted by Crippen LogP contribution is -2.28. The number of anilines is 1. The number of pyridine rings is 1. The van der Waals surface area contributed by atoms with Gasteiger partial charge in [-0.2, -0.15) is 0 Å². The Labute approximate surface area is 154 Å². The lowest BCUT2D eigenvalue weighted by molar-refractivity contribution is -0.117. The third kappa shape index (κ3) is 3.72. The average Bonchev–Trinajstić information content (AvgIpc) is 2.99. The number of aromatic nitrogens is 3. The topological polar surface area (TPSA) is 77.6 Å². The summed E-state index contributed by atoms with van der Waals surface area (Å²) in [6.07, 6.45) is 1.61. The number of hydrogen-bond donors (Lipinski definition) is 1. The van der Waals surface area contributed by atoms with Gasteiger partial charge in [0.15, 0.2) is 5.65 Å². The number of nitrogens with one attached hydrogen (secondary N) is 1. The highest BCUT2D eigenvalue weighted by Gasteiger charge is 2.11. The summed E-state index contributed by atoms with van der Waals surface area (Å²) in [4.78, 5) is 24.6. The van der Waals surface area contributed by atoms with Crippen LogP contribution in [0, 0.1) is 0 Å². The van der Waals surface area contributed by atoms with Gasteiger partial charge in [-0.15, -0.1) is 5.10 Å². The molecule has 0 radical (unpaired) electrons. The minimum atomic E-state index is -0.359. The van der Waals surface area contributed by atoms with E-state index in [4.69, 9.17) is 4.74 Å². The molecule has 4 rings (SSSR count). The second kappa shape index (κ2) is 7.17. The molecule has 7 nitrogen and oxygen atoms in total. The Morgan fingerprint density at radius 3 is 2.56 bits per heavy atom. The minimum Gasteiger partial charge on any atom is -0.457 e. The number of nitrogens with zero attached hydrogens (tertiary/aromatic N) is 3. The van der Waals surface area contributed by atoms with E-state index in [1.54, 1.807) is 48.7 Å². The third-order valence-electron chi connectivity index (χ3n) is 3.88. The molecule has 27 heavy (non-hydrogen) atoms. The standard InChI is InChI=1S/C20H16N4O3/c25-19(14-24-20(26)23-12-5-4-11-18(23)22-24)21-15-7-6-10-17(13-15)27-16-8-2-1-3-9-16/h1-13H,14H2,(H,21,25). The zero-order valence-electron chi connectivity index (χ0n) is 14.3. The van der Waals surface area contributed by atoms with Crippen molar-refractivity contribution >= 4 is 17.2 Å². The van der Waals surface area contributed by atoms with Gasteiger partial charge in [-0.3, -0.25) is 9.20 Å². The maximum Gasteiger partial charge on any atom is 0.350 e. The first-order valence-corrected chi connectivity index (χ1v) is 8.36. The van der Waals surface area contributed by atoms with E-state index in [1.807, 2.05) is 30.3 Å². The van der Waals surface area contributed by atoms with Crippen LogP contribution in [0.1, 0.15) is 0 Å². The number of rotatable bonds is 5. The second-order valence-corrected chi connectivity index (χ2v) is 5.86. The first-order chi connectivity index (χ1) is 13.2. The van der Waals surface area contributed by atoms with E-state index in [2.05, 4.69) is 10.4 Å². The molecule has 4 aromatic rings. The van der Waals surface area contributed by atoms with E-state index in [-0.39, 0.29) is 18.1 Å². The monoisotopic (exact) mass is 360 g/mol. The van der Waals surface area contributed by atoms with Crippen molar-refractivity contribution < 1.29 is 9.53 Å². The molecule has 0 aliphatic rings. The van der Waals surface area contributed by atoms with Crippen LogP contribution in [0.15, 0.2) is 83.8 Å². The highest BCUT2D eigenvalue weighted by molar-refractivity contribution is 5.90. The summed E-state index contributed by atoms with van der Waals surface area (Å²) < 4.78 is 8.28. The lowest BCUT2D eigenvalue weighted by Gasteiger charge is -2.08. The number of para-hydroxylation sites is 1. The van der Waals surface area contributed by atoms with Gasteiger partial charge in [0.2, 0.25) is 5.91 Å². The minimum absolute atomic E-state index is 0.176. The Morgan fingerprint density at radius 1 is 0.963 bits per heavy atom. The van der Waals surface area contributed by atoms with E-state index in [0.717, 1.165) is 4.68 Å². The molecule has 1 amide bonds. The number of carbonyl (C=O) groups is 1. The Balaban J connectivity index is 1.47. The fourth-order valence-corrected chi connectivity index (χ4v) is 2.67. The van der Waals surface area contributed by atoms with Crippen molar-refractivity contribution in [3.05, 3.63) is 89.5 Å². The van der Waals surface area contributed by atoms with E-state index < -0.39 is 0 Å². The highest BCUT2D eigenvalue weighted by Crippen LogP contribution is 2.23. The molecular weight excluding hydrogens is 344 g/mol. The van der Waals surface area contributed by atoms with Crippen molar-refractivity contribution in [2.24, 2.45) is 0 Å². The van der Waals surface area contributed by atoms with Crippen LogP contribution < -0.4 is 15.7 Å². The van der Waals surface area contributed by atoms with Crippen LogP contribution in [0.5, 0.6) is 11.5 Å². The second-order valence-electron chi connectivity index (χ2n) is 5.86. The van der Waals surface area contributed by atoms with Crippen LogP contribution in [0.2, 0.25) is 0 Å². The summed E-state index contributed by atoms with van der Waals surface area (Å²) in [5.41, 5.74) is 0.709.